The van der Waals surface area contributed by atoms with Crippen molar-refractivity contribution < 1.29 is 9.53 Å². The van der Waals surface area contributed by atoms with E-state index in [1.165, 1.54) is 0 Å². The molecular weight excluding hydrogens is 354 g/mol. The quantitative estimate of drug-likeness (QED) is 0.882. The molecule has 1 aromatic heterocycles. The number of carbonyl (C=O) groups is 1. The second kappa shape index (κ2) is 7.63. The van der Waals surface area contributed by atoms with Crippen LogP contribution in [-0.4, -0.2) is 51.8 Å². The first-order valence-electron chi connectivity index (χ1n) is 8.99. The van der Waals surface area contributed by atoms with E-state index < -0.39 is 0 Å². The number of nitrogens with one attached hydrogen (secondary N) is 1. The van der Waals surface area contributed by atoms with Crippen molar-refractivity contribution in [1.82, 2.24) is 25.0 Å². The van der Waals surface area contributed by atoms with Crippen molar-refractivity contribution >= 4 is 17.5 Å². The van der Waals surface area contributed by atoms with Gasteiger partial charge in [-0.2, -0.15) is 0 Å². The molecule has 0 radical (unpaired) electrons. The highest BCUT2D eigenvalue weighted by Gasteiger charge is 2.28. The van der Waals surface area contributed by atoms with Gasteiger partial charge in [-0.3, -0.25) is 4.79 Å². The first-order chi connectivity index (χ1) is 12.7. The average Bonchev–Trinajstić information content (AvgIpc) is 3.10. The first kappa shape index (κ1) is 17.3. The highest BCUT2D eigenvalue weighted by molar-refractivity contribution is 6.30. The van der Waals surface area contributed by atoms with Gasteiger partial charge in [0.2, 0.25) is 0 Å². The van der Waals surface area contributed by atoms with Gasteiger partial charge in [0.15, 0.2) is 6.61 Å². The third-order valence-corrected chi connectivity index (χ3v) is 5.26. The van der Waals surface area contributed by atoms with Crippen LogP contribution in [0.5, 0.6) is 5.75 Å². The van der Waals surface area contributed by atoms with Crippen molar-refractivity contribution in [3.05, 3.63) is 40.9 Å². The normalized spacial score (nSPS) is 17.8. The molecule has 26 heavy (non-hydrogen) atoms. The molecule has 138 valence electrons. The van der Waals surface area contributed by atoms with Crippen molar-refractivity contribution in [2.24, 2.45) is 0 Å². The minimum atomic E-state index is 0.0101. The number of ether oxygens (including phenoxy) is 1. The Balaban J connectivity index is 1.30. The van der Waals surface area contributed by atoms with Gasteiger partial charge in [-0.15, -0.1) is 10.2 Å². The summed E-state index contributed by atoms with van der Waals surface area (Å²) in [5, 5.41) is 12.6. The summed E-state index contributed by atoms with van der Waals surface area (Å²) >= 11 is 5.93. The fourth-order valence-electron chi connectivity index (χ4n) is 3.60. The average molecular weight is 376 g/mol. The smallest absolute Gasteiger partial charge is 0.260 e. The first-order valence-corrected chi connectivity index (χ1v) is 9.37. The number of piperidine rings is 1. The molecule has 0 bridgehead atoms. The molecule has 4 rings (SSSR count). The monoisotopic (exact) mass is 375 g/mol. The summed E-state index contributed by atoms with van der Waals surface area (Å²) in [5.41, 5.74) is 0. The van der Waals surface area contributed by atoms with E-state index in [1.807, 2.05) is 11.0 Å². The van der Waals surface area contributed by atoms with Gasteiger partial charge in [-0.05, 0) is 31.0 Å². The van der Waals surface area contributed by atoms with Crippen LogP contribution in [0.3, 0.4) is 0 Å². The maximum absolute atomic E-state index is 12.4. The van der Waals surface area contributed by atoms with Gasteiger partial charge < -0.3 is 19.5 Å². The van der Waals surface area contributed by atoms with Crippen LogP contribution in [0.4, 0.5) is 0 Å². The van der Waals surface area contributed by atoms with Crippen LogP contribution in [-0.2, 0) is 17.9 Å². The molecule has 0 saturated carbocycles. The van der Waals surface area contributed by atoms with Crippen LogP contribution >= 0.6 is 11.6 Å². The summed E-state index contributed by atoms with van der Waals surface area (Å²) < 4.78 is 7.80. The Bertz CT molecular complexity index is 786. The molecule has 1 amide bonds. The summed E-state index contributed by atoms with van der Waals surface area (Å²) in [6.45, 7) is 4.15. The summed E-state index contributed by atoms with van der Waals surface area (Å²) in [7, 11) is 0. The van der Waals surface area contributed by atoms with Gasteiger partial charge >= 0.3 is 0 Å². The molecule has 2 aliphatic heterocycles. The van der Waals surface area contributed by atoms with Crippen molar-refractivity contribution in [1.29, 1.82) is 0 Å². The number of aromatic nitrogens is 3. The van der Waals surface area contributed by atoms with Crippen LogP contribution in [0.25, 0.3) is 0 Å². The molecule has 2 aliphatic rings. The number of fused-ring (bicyclic) bond motifs is 1. The lowest BCUT2D eigenvalue weighted by Crippen LogP contribution is -2.41. The molecule has 2 aromatic rings. The molecule has 0 spiro atoms. The number of carbonyl (C=O) groups excluding carboxylic acids is 1. The van der Waals surface area contributed by atoms with E-state index in [4.69, 9.17) is 16.3 Å². The molecule has 1 aromatic carbocycles. The summed E-state index contributed by atoms with van der Waals surface area (Å²) in [4.78, 5) is 14.3. The van der Waals surface area contributed by atoms with E-state index >= 15 is 0 Å². The lowest BCUT2D eigenvalue weighted by Gasteiger charge is -2.32. The highest BCUT2D eigenvalue weighted by atomic mass is 35.5. The zero-order chi connectivity index (χ0) is 17.9. The molecule has 1 saturated heterocycles. The number of likely N-dealkylation sites (tertiary alicyclic amines) is 1. The molecule has 7 nitrogen and oxygen atoms in total. The zero-order valence-electron chi connectivity index (χ0n) is 14.5. The number of hydrogen-bond acceptors (Lipinski definition) is 5. The van der Waals surface area contributed by atoms with E-state index in [0.29, 0.717) is 16.7 Å². The second-order valence-electron chi connectivity index (χ2n) is 6.70. The minimum Gasteiger partial charge on any atom is -0.484 e. The fourth-order valence-corrected chi connectivity index (χ4v) is 3.78. The Hall–Kier alpha value is -2.12. The zero-order valence-corrected chi connectivity index (χ0v) is 15.3. The fraction of sp³-hybridized carbons (Fsp3) is 0.500. The van der Waals surface area contributed by atoms with Gasteiger partial charge in [-0.25, -0.2) is 0 Å². The van der Waals surface area contributed by atoms with Crippen LogP contribution in [0, 0.1) is 0 Å². The molecule has 0 aliphatic carbocycles. The predicted octanol–water partition coefficient (Wildman–Crippen LogP) is 1.82. The van der Waals surface area contributed by atoms with Gasteiger partial charge in [0.1, 0.15) is 17.4 Å². The van der Waals surface area contributed by atoms with Crippen molar-refractivity contribution in [2.75, 3.05) is 26.2 Å². The number of benzene rings is 1. The van der Waals surface area contributed by atoms with E-state index in [0.717, 1.165) is 57.2 Å². The number of rotatable bonds is 4. The topological polar surface area (TPSA) is 72.3 Å². The lowest BCUT2D eigenvalue weighted by molar-refractivity contribution is -0.134. The number of amides is 1. The summed E-state index contributed by atoms with van der Waals surface area (Å²) in [5.74, 6) is 3.08. The van der Waals surface area contributed by atoms with Gasteiger partial charge in [0, 0.05) is 37.1 Å². The van der Waals surface area contributed by atoms with Crippen LogP contribution in [0.2, 0.25) is 5.02 Å². The maximum atomic E-state index is 12.4. The van der Waals surface area contributed by atoms with Crippen LogP contribution in [0.15, 0.2) is 24.3 Å². The Morgan fingerprint density at radius 2 is 2.12 bits per heavy atom. The molecular formula is C18H22ClN5O2. The third-order valence-electron chi connectivity index (χ3n) is 5.02. The van der Waals surface area contributed by atoms with E-state index in [2.05, 4.69) is 20.1 Å². The molecule has 1 fully saturated rings. The van der Waals surface area contributed by atoms with Crippen LogP contribution in [0.1, 0.15) is 30.4 Å². The van der Waals surface area contributed by atoms with Crippen molar-refractivity contribution in [3.8, 4) is 5.75 Å². The van der Waals surface area contributed by atoms with Gasteiger partial charge in [0.05, 0.1) is 6.54 Å². The third kappa shape index (κ3) is 3.68. The SMILES string of the molecule is O=C(COc1cccc(Cl)c1)N1CCC(c2nnc3n2CCNC3)CC1. The summed E-state index contributed by atoms with van der Waals surface area (Å²) in [6, 6.07) is 7.10. The standard InChI is InChI=1S/C18H22ClN5O2/c19-14-2-1-3-15(10-14)26-12-17(25)23-7-4-13(5-8-23)18-22-21-16-11-20-6-9-24(16)18/h1-3,10,13,20H,4-9,11-12H2. The Kier molecular flexibility index (Phi) is 5.08. The van der Waals surface area contributed by atoms with E-state index in [1.54, 1.807) is 18.2 Å². The molecule has 3 heterocycles. The molecule has 8 heteroatoms. The lowest BCUT2D eigenvalue weighted by atomic mass is 9.95. The highest BCUT2D eigenvalue weighted by Crippen LogP contribution is 2.28. The van der Waals surface area contributed by atoms with Crippen LogP contribution < -0.4 is 10.1 Å². The van der Waals surface area contributed by atoms with Crippen molar-refractivity contribution in [3.63, 3.8) is 0 Å². The predicted molar refractivity (Wildman–Crippen MR) is 97.2 cm³/mol. The van der Waals surface area contributed by atoms with E-state index in [9.17, 15) is 4.79 Å². The largest absolute Gasteiger partial charge is 0.484 e. The van der Waals surface area contributed by atoms with Gasteiger partial charge in [-0.1, -0.05) is 17.7 Å². The Morgan fingerprint density at radius 1 is 1.27 bits per heavy atom. The summed E-state index contributed by atoms with van der Waals surface area (Å²) in [6.07, 6.45) is 1.82. The number of nitrogens with zero attached hydrogens (tertiary/aromatic N) is 4. The Morgan fingerprint density at radius 3 is 2.92 bits per heavy atom. The van der Waals surface area contributed by atoms with Gasteiger partial charge in [0.25, 0.3) is 5.91 Å². The number of halogens is 1. The molecule has 0 atom stereocenters. The Labute approximate surface area is 157 Å². The molecule has 0 unspecified atom stereocenters. The second-order valence-corrected chi connectivity index (χ2v) is 7.14. The number of hydrogen-bond donors (Lipinski definition) is 1. The molecule has 1 N–H and O–H groups in total. The maximum Gasteiger partial charge on any atom is 0.260 e. The van der Waals surface area contributed by atoms with Crippen molar-refractivity contribution in [2.45, 2.75) is 31.8 Å². The minimum absolute atomic E-state index is 0.0101. The van der Waals surface area contributed by atoms with E-state index in [-0.39, 0.29) is 12.5 Å².